The van der Waals surface area contributed by atoms with Crippen LogP contribution in [0.3, 0.4) is 0 Å². The van der Waals surface area contributed by atoms with Crippen molar-refractivity contribution < 1.29 is 9.47 Å². The minimum Gasteiger partial charge on any atom is -0.491 e. The minimum absolute atomic E-state index is 0.563. The third-order valence-electron chi connectivity index (χ3n) is 4.10. The first-order valence-electron chi connectivity index (χ1n) is 8.97. The third kappa shape index (κ3) is 6.31. The van der Waals surface area contributed by atoms with Crippen molar-refractivity contribution in [2.45, 2.75) is 26.9 Å². The molecule has 0 saturated heterocycles. The maximum absolute atomic E-state index is 5.87. The molecule has 0 heterocycles. The van der Waals surface area contributed by atoms with E-state index in [1.165, 1.54) is 16.8 Å². The lowest BCUT2D eigenvalue weighted by atomic mass is 10.1. The molecule has 0 amide bonds. The Morgan fingerprint density at radius 2 is 1.85 bits per heavy atom. The van der Waals surface area contributed by atoms with Gasteiger partial charge >= 0.3 is 0 Å². The quantitative estimate of drug-likeness (QED) is 0.572. The van der Waals surface area contributed by atoms with Crippen molar-refractivity contribution in [1.29, 1.82) is 0 Å². The molecule has 0 radical (unpaired) electrons. The zero-order chi connectivity index (χ0) is 18.9. The van der Waals surface area contributed by atoms with Gasteiger partial charge in [-0.15, -0.1) is 0 Å². The predicted octanol–water partition coefficient (Wildman–Crippen LogP) is 4.53. The zero-order valence-electron chi connectivity index (χ0n) is 16.1. The highest BCUT2D eigenvalue weighted by Crippen LogP contribution is 2.24. The van der Waals surface area contributed by atoms with E-state index in [9.17, 15) is 0 Å². The van der Waals surface area contributed by atoms with E-state index in [1.807, 2.05) is 19.1 Å². The molecule has 2 rings (SSSR count). The Morgan fingerprint density at radius 1 is 1.04 bits per heavy atom. The van der Waals surface area contributed by atoms with Crippen molar-refractivity contribution in [1.82, 2.24) is 5.32 Å². The number of halogens is 1. The van der Waals surface area contributed by atoms with E-state index in [4.69, 9.17) is 9.47 Å². The normalized spacial score (nSPS) is 10.8. The number of nitrogens with zero attached hydrogens (tertiary/aromatic N) is 1. The first-order chi connectivity index (χ1) is 12.5. The minimum atomic E-state index is 0.563. The van der Waals surface area contributed by atoms with Gasteiger partial charge in [-0.1, -0.05) is 28.1 Å². The van der Waals surface area contributed by atoms with Crippen LogP contribution in [0.15, 0.2) is 40.9 Å². The van der Waals surface area contributed by atoms with E-state index in [1.54, 1.807) is 0 Å². The van der Waals surface area contributed by atoms with Gasteiger partial charge < -0.3 is 19.7 Å². The second kappa shape index (κ2) is 10.6. The van der Waals surface area contributed by atoms with Crippen molar-refractivity contribution in [2.24, 2.45) is 0 Å². The predicted molar refractivity (Wildman–Crippen MR) is 112 cm³/mol. The van der Waals surface area contributed by atoms with Crippen LogP contribution in [0.1, 0.15) is 23.6 Å². The first-order valence-corrected chi connectivity index (χ1v) is 9.77. The van der Waals surface area contributed by atoms with Crippen LogP contribution in [0.2, 0.25) is 0 Å². The van der Waals surface area contributed by atoms with Crippen molar-refractivity contribution in [3.05, 3.63) is 57.6 Å². The second-order valence-corrected chi connectivity index (χ2v) is 7.33. The second-order valence-electron chi connectivity index (χ2n) is 6.42. The zero-order valence-corrected chi connectivity index (χ0v) is 17.7. The highest BCUT2D eigenvalue weighted by Gasteiger charge is 2.06. The molecule has 0 aliphatic rings. The Hall–Kier alpha value is -1.56. The molecule has 0 fully saturated rings. The summed E-state index contributed by atoms with van der Waals surface area (Å²) in [4.78, 5) is 2.14. The fourth-order valence-corrected chi connectivity index (χ4v) is 3.26. The third-order valence-corrected chi connectivity index (χ3v) is 4.59. The monoisotopic (exact) mass is 420 g/mol. The Labute approximate surface area is 165 Å². The lowest BCUT2D eigenvalue weighted by Crippen LogP contribution is -2.15. The van der Waals surface area contributed by atoms with E-state index in [0.29, 0.717) is 19.8 Å². The molecule has 0 atom stereocenters. The van der Waals surface area contributed by atoms with E-state index >= 15 is 0 Å². The summed E-state index contributed by atoms with van der Waals surface area (Å²) in [6, 6.07) is 12.7. The van der Waals surface area contributed by atoms with Gasteiger partial charge in [0.25, 0.3) is 0 Å². The van der Waals surface area contributed by atoms with E-state index < -0.39 is 0 Å². The first kappa shape index (κ1) is 20.7. The van der Waals surface area contributed by atoms with Gasteiger partial charge in [-0.2, -0.15) is 0 Å². The van der Waals surface area contributed by atoms with Crippen LogP contribution in [0.25, 0.3) is 0 Å². The summed E-state index contributed by atoms with van der Waals surface area (Å²) in [7, 11) is 4.14. The van der Waals surface area contributed by atoms with Crippen LogP contribution in [0.5, 0.6) is 5.75 Å². The average molecular weight is 421 g/mol. The SMILES string of the molecule is CCOCCOc1ccc(Br)cc1CNCc1ccc(N(C)C)c(C)c1. The van der Waals surface area contributed by atoms with Crippen LogP contribution in [-0.4, -0.2) is 33.9 Å². The molecular formula is C21H29BrN2O2. The summed E-state index contributed by atoms with van der Waals surface area (Å²) in [6.45, 7) is 7.59. The van der Waals surface area contributed by atoms with Gasteiger partial charge in [-0.25, -0.2) is 0 Å². The van der Waals surface area contributed by atoms with Gasteiger partial charge in [0.1, 0.15) is 12.4 Å². The van der Waals surface area contributed by atoms with Crippen LogP contribution >= 0.6 is 15.9 Å². The van der Waals surface area contributed by atoms with E-state index in [2.05, 4.69) is 71.4 Å². The Balaban J connectivity index is 1.94. The lowest BCUT2D eigenvalue weighted by molar-refractivity contribution is 0.110. The van der Waals surface area contributed by atoms with Gasteiger partial charge in [0, 0.05) is 49.5 Å². The molecule has 0 aliphatic heterocycles. The van der Waals surface area contributed by atoms with Gasteiger partial charge in [0.05, 0.1) is 6.61 Å². The molecule has 0 unspecified atom stereocenters. The lowest BCUT2D eigenvalue weighted by Gasteiger charge is -2.17. The van der Waals surface area contributed by atoms with Crippen molar-refractivity contribution >= 4 is 21.6 Å². The highest BCUT2D eigenvalue weighted by molar-refractivity contribution is 9.10. The molecule has 0 saturated carbocycles. The number of benzene rings is 2. The van der Waals surface area contributed by atoms with Crippen LogP contribution in [-0.2, 0) is 17.8 Å². The molecule has 142 valence electrons. The summed E-state index contributed by atoms with van der Waals surface area (Å²) in [5, 5.41) is 3.52. The van der Waals surface area contributed by atoms with Gasteiger partial charge in [0.2, 0.25) is 0 Å². The summed E-state index contributed by atoms with van der Waals surface area (Å²) < 4.78 is 12.3. The fraction of sp³-hybridized carbons (Fsp3) is 0.429. The number of anilines is 1. The van der Waals surface area contributed by atoms with Gasteiger partial charge in [-0.05, 0) is 49.2 Å². The maximum atomic E-state index is 5.87. The van der Waals surface area contributed by atoms with Crippen LogP contribution < -0.4 is 15.0 Å². The van der Waals surface area contributed by atoms with Crippen molar-refractivity contribution in [3.8, 4) is 5.75 Å². The number of aryl methyl sites for hydroxylation is 1. The average Bonchev–Trinajstić information content (AvgIpc) is 2.60. The molecule has 0 aromatic heterocycles. The number of hydrogen-bond donors (Lipinski definition) is 1. The van der Waals surface area contributed by atoms with Gasteiger partial charge in [0.15, 0.2) is 0 Å². The topological polar surface area (TPSA) is 33.7 Å². The molecule has 0 bridgehead atoms. The molecule has 26 heavy (non-hydrogen) atoms. The number of nitrogens with one attached hydrogen (secondary N) is 1. The van der Waals surface area contributed by atoms with E-state index in [0.717, 1.165) is 28.9 Å². The molecule has 2 aromatic rings. The molecule has 0 aliphatic carbocycles. The summed E-state index contributed by atoms with van der Waals surface area (Å²) in [5.41, 5.74) is 4.96. The van der Waals surface area contributed by atoms with E-state index in [-0.39, 0.29) is 0 Å². The standard InChI is InChI=1S/C21H29BrN2O2/c1-5-25-10-11-26-21-9-7-19(22)13-18(21)15-23-14-17-6-8-20(24(3)4)16(2)12-17/h6-9,12-13,23H,5,10-11,14-15H2,1-4H3. The Bertz CT molecular complexity index is 704. The molecule has 0 spiro atoms. The van der Waals surface area contributed by atoms with Gasteiger partial charge in [-0.3, -0.25) is 0 Å². The summed E-state index contributed by atoms with van der Waals surface area (Å²) in [5.74, 6) is 0.902. The summed E-state index contributed by atoms with van der Waals surface area (Å²) >= 11 is 3.54. The molecule has 5 heteroatoms. The molecule has 2 aromatic carbocycles. The molecule has 4 nitrogen and oxygen atoms in total. The fourth-order valence-electron chi connectivity index (χ4n) is 2.85. The number of hydrogen-bond acceptors (Lipinski definition) is 4. The molecule has 1 N–H and O–H groups in total. The van der Waals surface area contributed by atoms with Crippen molar-refractivity contribution in [2.75, 3.05) is 38.8 Å². The maximum Gasteiger partial charge on any atom is 0.123 e. The van der Waals surface area contributed by atoms with Crippen LogP contribution in [0, 0.1) is 6.92 Å². The Kier molecular flexibility index (Phi) is 8.42. The highest BCUT2D eigenvalue weighted by atomic mass is 79.9. The summed E-state index contributed by atoms with van der Waals surface area (Å²) in [6.07, 6.45) is 0. The smallest absolute Gasteiger partial charge is 0.123 e. The van der Waals surface area contributed by atoms with Crippen LogP contribution in [0.4, 0.5) is 5.69 Å². The van der Waals surface area contributed by atoms with Crippen molar-refractivity contribution in [3.63, 3.8) is 0 Å². The largest absolute Gasteiger partial charge is 0.491 e. The Morgan fingerprint density at radius 3 is 2.54 bits per heavy atom. The molecular weight excluding hydrogens is 392 g/mol. The number of rotatable bonds is 10. The number of ether oxygens (including phenoxy) is 2.